The molecule has 1 aromatic heterocycles. The van der Waals surface area contributed by atoms with Crippen LogP contribution in [0.25, 0.3) is 0 Å². The number of aliphatic imine (C=N–C) groups is 1. The first kappa shape index (κ1) is 22.0. The molecule has 1 atom stereocenters. The highest BCUT2D eigenvalue weighted by molar-refractivity contribution is 6.00. The summed E-state index contributed by atoms with van der Waals surface area (Å²) in [6.45, 7) is 2.86. The van der Waals surface area contributed by atoms with Crippen LogP contribution in [-0.4, -0.2) is 46.7 Å². The lowest BCUT2D eigenvalue weighted by Crippen LogP contribution is -2.32. The summed E-state index contributed by atoms with van der Waals surface area (Å²) in [7, 11) is 0. The van der Waals surface area contributed by atoms with Crippen molar-refractivity contribution in [2.24, 2.45) is 4.99 Å². The summed E-state index contributed by atoms with van der Waals surface area (Å²) in [6, 6.07) is 6.13. The third kappa shape index (κ3) is 4.36. The maximum Gasteiger partial charge on any atom is 0.416 e. The molecular weight excluding hydrogens is 429 g/mol. The van der Waals surface area contributed by atoms with Crippen LogP contribution in [0.15, 0.2) is 35.5 Å². The van der Waals surface area contributed by atoms with E-state index in [4.69, 9.17) is 5.10 Å². The average Bonchev–Trinajstić information content (AvgIpc) is 3.37. The van der Waals surface area contributed by atoms with Gasteiger partial charge in [-0.1, -0.05) is 18.2 Å². The number of likely N-dealkylation sites (tertiary alicyclic amines) is 1. The van der Waals surface area contributed by atoms with E-state index in [1.807, 2.05) is 17.3 Å². The molecule has 1 saturated carbocycles. The molecule has 0 bridgehead atoms. The van der Waals surface area contributed by atoms with Crippen molar-refractivity contribution < 1.29 is 13.2 Å². The van der Waals surface area contributed by atoms with Gasteiger partial charge in [-0.15, -0.1) is 0 Å². The summed E-state index contributed by atoms with van der Waals surface area (Å²) in [4.78, 5) is 6.13. The van der Waals surface area contributed by atoms with Crippen LogP contribution in [0.2, 0.25) is 0 Å². The molecule has 5 rings (SSSR count). The maximum absolute atomic E-state index is 13.6. The lowest BCUT2D eigenvalue weighted by atomic mass is 9.93. The summed E-state index contributed by atoms with van der Waals surface area (Å²) in [5, 5.41) is 17.5. The topological polar surface area (TPSA) is 69.2 Å². The Hall–Kier alpha value is -2.86. The molecule has 9 heteroatoms. The number of aromatic nitrogens is 2. The van der Waals surface area contributed by atoms with Gasteiger partial charge in [0.05, 0.1) is 29.1 Å². The van der Waals surface area contributed by atoms with E-state index in [0.717, 1.165) is 56.1 Å². The molecular formula is C24H27F3N6. The van der Waals surface area contributed by atoms with Crippen molar-refractivity contribution in [3.63, 3.8) is 0 Å². The Labute approximate surface area is 191 Å². The van der Waals surface area contributed by atoms with Crippen LogP contribution in [0.1, 0.15) is 72.4 Å². The van der Waals surface area contributed by atoms with E-state index in [2.05, 4.69) is 15.0 Å². The van der Waals surface area contributed by atoms with Crippen molar-refractivity contribution in [2.75, 3.05) is 26.2 Å². The average molecular weight is 457 g/mol. The van der Waals surface area contributed by atoms with Crippen LogP contribution in [0.3, 0.4) is 0 Å². The maximum atomic E-state index is 13.6. The predicted octanol–water partition coefficient (Wildman–Crippen LogP) is 4.42. The van der Waals surface area contributed by atoms with Crippen LogP contribution < -0.4 is 5.32 Å². The number of benzene rings is 1. The molecule has 1 N–H and O–H groups in total. The van der Waals surface area contributed by atoms with E-state index in [0.29, 0.717) is 42.9 Å². The van der Waals surface area contributed by atoms with Gasteiger partial charge in [-0.3, -0.25) is 4.68 Å². The minimum absolute atomic E-state index is 0.268. The number of piperidine rings is 1. The van der Waals surface area contributed by atoms with Crippen LogP contribution >= 0.6 is 0 Å². The quantitative estimate of drug-likeness (QED) is 0.420. The zero-order valence-electron chi connectivity index (χ0n) is 18.4. The van der Waals surface area contributed by atoms with Gasteiger partial charge in [0.2, 0.25) is 6.19 Å². The van der Waals surface area contributed by atoms with Crippen LogP contribution in [0, 0.1) is 11.5 Å². The summed E-state index contributed by atoms with van der Waals surface area (Å²) in [5.74, 6) is 0.688. The van der Waals surface area contributed by atoms with Gasteiger partial charge in [0.15, 0.2) is 5.84 Å². The zero-order chi connectivity index (χ0) is 23.0. The van der Waals surface area contributed by atoms with Gasteiger partial charge in [0.1, 0.15) is 0 Å². The number of amidine groups is 1. The molecule has 3 heterocycles. The van der Waals surface area contributed by atoms with E-state index in [9.17, 15) is 18.4 Å². The third-order valence-corrected chi connectivity index (χ3v) is 7.04. The van der Waals surface area contributed by atoms with E-state index >= 15 is 0 Å². The number of nitrogens with zero attached hydrogens (tertiary/aromatic N) is 5. The number of rotatable bonds is 4. The van der Waals surface area contributed by atoms with Gasteiger partial charge >= 0.3 is 6.18 Å². The van der Waals surface area contributed by atoms with E-state index < -0.39 is 11.7 Å². The van der Waals surface area contributed by atoms with Gasteiger partial charge in [-0.25, -0.2) is 0 Å². The van der Waals surface area contributed by atoms with Crippen molar-refractivity contribution in [3.8, 4) is 6.19 Å². The minimum atomic E-state index is -4.39. The Morgan fingerprint density at radius 2 is 1.85 bits per heavy atom. The van der Waals surface area contributed by atoms with E-state index in [1.165, 1.54) is 6.07 Å². The molecule has 2 saturated heterocycles. The van der Waals surface area contributed by atoms with Crippen molar-refractivity contribution in [3.05, 3.63) is 52.8 Å². The van der Waals surface area contributed by atoms with Gasteiger partial charge < -0.3 is 10.2 Å². The van der Waals surface area contributed by atoms with Gasteiger partial charge in [0, 0.05) is 24.9 Å². The predicted molar refractivity (Wildman–Crippen MR) is 118 cm³/mol. The lowest BCUT2D eigenvalue weighted by Gasteiger charge is -2.26. The SMILES string of the molecule is N#CN=C(c1cnn(C2CCNCC2)c1C1CC1)N1CCC(c2ccccc2C(F)(F)F)C1. The highest BCUT2D eigenvalue weighted by Gasteiger charge is 2.39. The van der Waals surface area contributed by atoms with Crippen molar-refractivity contribution in [2.45, 2.75) is 56.2 Å². The van der Waals surface area contributed by atoms with E-state index in [1.54, 1.807) is 12.1 Å². The normalized spacial score (nSPS) is 22.5. The van der Waals surface area contributed by atoms with Crippen LogP contribution in [0.4, 0.5) is 13.2 Å². The largest absolute Gasteiger partial charge is 0.416 e. The Morgan fingerprint density at radius 3 is 2.55 bits per heavy atom. The fraction of sp³-hybridized carbons (Fsp3) is 0.542. The van der Waals surface area contributed by atoms with Crippen molar-refractivity contribution in [1.82, 2.24) is 20.0 Å². The number of nitrogens with one attached hydrogen (secondary N) is 1. The Morgan fingerprint density at radius 1 is 1.09 bits per heavy atom. The summed E-state index contributed by atoms with van der Waals surface area (Å²) in [5.41, 5.74) is 1.74. The molecule has 3 aliphatic rings. The molecule has 33 heavy (non-hydrogen) atoms. The molecule has 1 aliphatic carbocycles. The van der Waals surface area contributed by atoms with Crippen molar-refractivity contribution in [1.29, 1.82) is 5.26 Å². The highest BCUT2D eigenvalue weighted by Crippen LogP contribution is 2.44. The standard InChI is InChI=1S/C24H27F3N6/c25-24(26,27)21-4-2-1-3-19(21)17-9-12-32(14-17)23(30-15-28)20-13-31-33(22(20)16-5-6-16)18-7-10-29-11-8-18/h1-4,13,16-18,29H,5-12,14H2. The number of hydrogen-bond acceptors (Lipinski definition) is 4. The first-order valence-electron chi connectivity index (χ1n) is 11.6. The fourth-order valence-corrected chi connectivity index (χ4v) is 5.32. The first-order valence-corrected chi connectivity index (χ1v) is 11.6. The molecule has 174 valence electrons. The van der Waals surface area contributed by atoms with Gasteiger partial charge in [-0.2, -0.15) is 28.5 Å². The fourth-order valence-electron chi connectivity index (χ4n) is 5.32. The molecule has 2 aliphatic heterocycles. The molecule has 3 fully saturated rings. The molecule has 1 aromatic carbocycles. The summed E-state index contributed by atoms with van der Waals surface area (Å²) < 4.78 is 42.9. The number of nitriles is 1. The zero-order valence-corrected chi connectivity index (χ0v) is 18.4. The van der Waals surface area contributed by atoms with Crippen LogP contribution in [-0.2, 0) is 6.18 Å². The summed E-state index contributed by atoms with van der Waals surface area (Å²) in [6.07, 6.45) is 4.12. The number of hydrogen-bond donors (Lipinski definition) is 1. The summed E-state index contributed by atoms with van der Waals surface area (Å²) >= 11 is 0. The monoisotopic (exact) mass is 456 g/mol. The minimum Gasteiger partial charge on any atom is -0.355 e. The molecule has 0 spiro atoms. The number of alkyl halides is 3. The highest BCUT2D eigenvalue weighted by atomic mass is 19.4. The molecule has 2 aromatic rings. The molecule has 1 unspecified atom stereocenters. The van der Waals surface area contributed by atoms with Gasteiger partial charge in [0.25, 0.3) is 0 Å². The Kier molecular flexibility index (Phi) is 5.87. The Balaban J connectivity index is 1.44. The second-order valence-corrected chi connectivity index (χ2v) is 9.20. The molecule has 0 amide bonds. The van der Waals surface area contributed by atoms with Gasteiger partial charge in [-0.05, 0) is 56.8 Å². The second-order valence-electron chi connectivity index (χ2n) is 9.20. The smallest absolute Gasteiger partial charge is 0.355 e. The molecule has 0 radical (unpaired) electrons. The van der Waals surface area contributed by atoms with E-state index in [-0.39, 0.29) is 5.92 Å². The Bertz CT molecular complexity index is 1070. The third-order valence-electron chi connectivity index (χ3n) is 7.04. The first-order chi connectivity index (χ1) is 16.0. The van der Waals surface area contributed by atoms with Crippen molar-refractivity contribution >= 4 is 5.84 Å². The second kappa shape index (κ2) is 8.82. The number of halogens is 3. The molecule has 6 nitrogen and oxygen atoms in total. The lowest BCUT2D eigenvalue weighted by molar-refractivity contribution is -0.138. The van der Waals surface area contributed by atoms with Crippen LogP contribution in [0.5, 0.6) is 0 Å².